The zero-order valence-electron chi connectivity index (χ0n) is 14.4. The molecule has 1 aliphatic heterocycles. The lowest BCUT2D eigenvalue weighted by molar-refractivity contribution is -0.122. The van der Waals surface area contributed by atoms with Crippen molar-refractivity contribution < 1.29 is 18.0 Å². The number of halogens is 2. The van der Waals surface area contributed by atoms with Gasteiger partial charge in [0.05, 0.1) is 4.91 Å². The van der Waals surface area contributed by atoms with Crippen LogP contribution in [0.2, 0.25) is 0 Å². The number of carbonyl (C=O) groups excluding carboxylic acids is 1. The highest BCUT2D eigenvalue weighted by molar-refractivity contribution is 8.26. The molecule has 0 atom stereocenters. The predicted molar refractivity (Wildman–Crippen MR) is 107 cm³/mol. The van der Waals surface area contributed by atoms with E-state index < -0.39 is 11.6 Å². The van der Waals surface area contributed by atoms with Gasteiger partial charge in [0, 0.05) is 18.2 Å². The molecule has 1 aromatic carbocycles. The third-order valence-electron chi connectivity index (χ3n) is 4.06. The molecule has 2 aromatic rings. The first-order valence-electron chi connectivity index (χ1n) is 8.50. The first-order valence-corrected chi connectivity index (χ1v) is 9.73. The first kappa shape index (κ1) is 19.7. The Morgan fingerprint density at radius 1 is 1.15 bits per heavy atom. The van der Waals surface area contributed by atoms with Crippen LogP contribution >= 0.6 is 24.0 Å². The summed E-state index contributed by atoms with van der Waals surface area (Å²) >= 11 is 6.52. The Labute approximate surface area is 165 Å². The molecule has 1 saturated heterocycles. The molecule has 27 heavy (non-hydrogen) atoms. The van der Waals surface area contributed by atoms with Gasteiger partial charge in [-0.25, -0.2) is 8.78 Å². The monoisotopic (exact) mass is 408 g/mol. The molecule has 3 rings (SSSR count). The number of hydrogen-bond acceptors (Lipinski definition) is 5. The molecule has 4 nitrogen and oxygen atoms in total. The smallest absolute Gasteiger partial charge is 0.266 e. The van der Waals surface area contributed by atoms with E-state index in [-0.39, 0.29) is 5.91 Å². The van der Waals surface area contributed by atoms with Crippen molar-refractivity contribution in [1.29, 1.82) is 0 Å². The lowest BCUT2D eigenvalue weighted by atomic mass is 10.1. The van der Waals surface area contributed by atoms with E-state index in [1.807, 2.05) is 0 Å². The second-order valence-corrected chi connectivity index (χ2v) is 7.69. The number of nitrogens with two attached hydrogens (primary N) is 1. The molecular weight excluding hydrogens is 390 g/mol. The highest BCUT2D eigenvalue weighted by Crippen LogP contribution is 2.34. The Hall–Kier alpha value is -2.03. The zero-order chi connectivity index (χ0) is 19.4. The van der Waals surface area contributed by atoms with Crippen molar-refractivity contribution in [3.8, 4) is 11.3 Å². The first-order chi connectivity index (χ1) is 13.0. The molecule has 0 saturated carbocycles. The molecule has 1 fully saturated rings. The van der Waals surface area contributed by atoms with Crippen LogP contribution in [0.15, 0.2) is 39.7 Å². The van der Waals surface area contributed by atoms with Crippen LogP contribution in [-0.2, 0) is 4.79 Å². The maximum atomic E-state index is 13.4. The Kier molecular flexibility index (Phi) is 6.41. The molecular formula is C19H18F2N2O2S2. The summed E-state index contributed by atoms with van der Waals surface area (Å²) < 4.78 is 32.6. The van der Waals surface area contributed by atoms with Crippen molar-refractivity contribution in [3.63, 3.8) is 0 Å². The summed E-state index contributed by atoms with van der Waals surface area (Å²) in [6.07, 6.45) is 4.33. The van der Waals surface area contributed by atoms with Gasteiger partial charge >= 0.3 is 0 Å². The third-order valence-corrected chi connectivity index (χ3v) is 5.44. The van der Waals surface area contributed by atoms with Gasteiger partial charge in [-0.05, 0) is 49.7 Å². The molecule has 1 aliphatic rings. The second kappa shape index (κ2) is 8.77. The number of hydrogen-bond donors (Lipinski definition) is 1. The SMILES string of the molecule is NCCCCCN1C(=O)/C(=C\c2ccc(-c3ccc(F)c(F)c3)o2)SC1=S. The second-order valence-electron chi connectivity index (χ2n) is 6.01. The average molecular weight is 408 g/mol. The van der Waals surface area contributed by atoms with Crippen LogP contribution in [0.4, 0.5) is 8.78 Å². The van der Waals surface area contributed by atoms with Gasteiger partial charge in [-0.1, -0.05) is 30.4 Å². The van der Waals surface area contributed by atoms with Crippen molar-refractivity contribution in [3.05, 3.63) is 52.6 Å². The minimum Gasteiger partial charge on any atom is -0.457 e. The number of amides is 1. The molecule has 1 aromatic heterocycles. The van der Waals surface area contributed by atoms with Crippen LogP contribution in [0.1, 0.15) is 25.0 Å². The summed E-state index contributed by atoms with van der Waals surface area (Å²) in [6.45, 7) is 1.21. The molecule has 2 N–H and O–H groups in total. The number of rotatable bonds is 7. The van der Waals surface area contributed by atoms with E-state index in [2.05, 4.69) is 0 Å². The maximum Gasteiger partial charge on any atom is 0.266 e. The molecule has 0 spiro atoms. The standard InChI is InChI=1S/C19H18F2N2O2S2/c20-14-6-4-12(10-15(14)21)16-7-5-13(25-16)11-17-18(24)23(19(26)27-17)9-3-1-2-8-22/h4-7,10-11H,1-3,8-9,22H2/b17-11+. The number of unbranched alkanes of at least 4 members (excludes halogenated alkanes) is 2. The third kappa shape index (κ3) is 4.63. The lowest BCUT2D eigenvalue weighted by Crippen LogP contribution is -2.29. The quantitative estimate of drug-likeness (QED) is 0.414. The zero-order valence-corrected chi connectivity index (χ0v) is 16.0. The van der Waals surface area contributed by atoms with Crippen molar-refractivity contribution in [2.45, 2.75) is 19.3 Å². The summed E-state index contributed by atoms with van der Waals surface area (Å²) in [5, 5.41) is 0. The van der Waals surface area contributed by atoms with Crippen molar-refractivity contribution >= 4 is 40.3 Å². The van der Waals surface area contributed by atoms with Crippen LogP contribution in [0.5, 0.6) is 0 Å². The van der Waals surface area contributed by atoms with E-state index >= 15 is 0 Å². The highest BCUT2D eigenvalue weighted by atomic mass is 32.2. The molecule has 0 radical (unpaired) electrons. The van der Waals surface area contributed by atoms with E-state index in [1.165, 1.54) is 17.8 Å². The summed E-state index contributed by atoms with van der Waals surface area (Å²) in [6, 6.07) is 6.86. The molecule has 0 unspecified atom stereocenters. The Balaban J connectivity index is 1.71. The van der Waals surface area contributed by atoms with Crippen molar-refractivity contribution in [2.75, 3.05) is 13.1 Å². The fourth-order valence-corrected chi connectivity index (χ4v) is 3.94. The van der Waals surface area contributed by atoms with E-state index in [0.717, 1.165) is 31.4 Å². The van der Waals surface area contributed by atoms with E-state index in [1.54, 1.807) is 23.1 Å². The van der Waals surface area contributed by atoms with Gasteiger partial charge in [0.1, 0.15) is 15.8 Å². The fourth-order valence-electron chi connectivity index (χ4n) is 2.65. The van der Waals surface area contributed by atoms with Crippen LogP contribution < -0.4 is 5.73 Å². The van der Waals surface area contributed by atoms with Gasteiger partial charge in [-0.15, -0.1) is 0 Å². The lowest BCUT2D eigenvalue weighted by Gasteiger charge is -2.13. The number of carbonyl (C=O) groups is 1. The molecule has 0 bridgehead atoms. The summed E-state index contributed by atoms with van der Waals surface area (Å²) in [4.78, 5) is 14.6. The number of benzene rings is 1. The van der Waals surface area contributed by atoms with Crippen molar-refractivity contribution in [2.24, 2.45) is 5.73 Å². The Morgan fingerprint density at radius 2 is 1.96 bits per heavy atom. The van der Waals surface area contributed by atoms with Crippen LogP contribution in [0.25, 0.3) is 17.4 Å². The van der Waals surface area contributed by atoms with E-state index in [0.29, 0.717) is 39.4 Å². The Morgan fingerprint density at radius 3 is 2.70 bits per heavy atom. The minimum absolute atomic E-state index is 0.150. The molecule has 1 amide bonds. The number of thioether (sulfide) groups is 1. The summed E-state index contributed by atoms with van der Waals surface area (Å²) in [5.41, 5.74) is 5.89. The molecule has 2 heterocycles. The van der Waals surface area contributed by atoms with Gasteiger partial charge in [0.2, 0.25) is 0 Å². The molecule has 0 aliphatic carbocycles. The predicted octanol–water partition coefficient (Wildman–Crippen LogP) is 4.56. The Bertz CT molecular complexity index is 896. The molecule has 142 valence electrons. The number of furan rings is 1. The molecule has 8 heteroatoms. The van der Waals surface area contributed by atoms with E-state index in [4.69, 9.17) is 22.4 Å². The van der Waals surface area contributed by atoms with Crippen LogP contribution in [0, 0.1) is 11.6 Å². The fraction of sp³-hybridized carbons (Fsp3) is 0.263. The van der Waals surface area contributed by atoms with Gasteiger partial charge in [-0.3, -0.25) is 9.69 Å². The van der Waals surface area contributed by atoms with Gasteiger partial charge in [-0.2, -0.15) is 0 Å². The number of thiocarbonyl (C=S) groups is 1. The minimum atomic E-state index is -0.944. The highest BCUT2D eigenvalue weighted by Gasteiger charge is 2.31. The maximum absolute atomic E-state index is 13.4. The van der Waals surface area contributed by atoms with Gasteiger partial charge < -0.3 is 10.2 Å². The van der Waals surface area contributed by atoms with Crippen molar-refractivity contribution in [1.82, 2.24) is 4.90 Å². The van der Waals surface area contributed by atoms with E-state index in [9.17, 15) is 13.6 Å². The van der Waals surface area contributed by atoms with Gasteiger partial charge in [0.15, 0.2) is 11.6 Å². The summed E-state index contributed by atoms with van der Waals surface area (Å²) in [7, 11) is 0. The van der Waals surface area contributed by atoms with Crippen LogP contribution in [-0.4, -0.2) is 28.2 Å². The largest absolute Gasteiger partial charge is 0.457 e. The number of nitrogens with zero attached hydrogens (tertiary/aromatic N) is 1. The van der Waals surface area contributed by atoms with Crippen LogP contribution in [0.3, 0.4) is 0 Å². The summed E-state index contributed by atoms with van der Waals surface area (Å²) in [5.74, 6) is -1.18. The average Bonchev–Trinajstić information content (AvgIpc) is 3.21. The topological polar surface area (TPSA) is 59.5 Å². The normalized spacial score (nSPS) is 16.0. The van der Waals surface area contributed by atoms with Gasteiger partial charge in [0.25, 0.3) is 5.91 Å².